The third-order valence-electron chi connectivity index (χ3n) is 2.54. The third-order valence-corrected chi connectivity index (χ3v) is 2.54. The van der Waals surface area contributed by atoms with Gasteiger partial charge in [0.2, 0.25) is 5.95 Å². The van der Waals surface area contributed by atoms with Gasteiger partial charge in [-0.05, 0) is 38.0 Å². The molecule has 0 aliphatic heterocycles. The van der Waals surface area contributed by atoms with Crippen molar-refractivity contribution in [2.45, 2.75) is 20.3 Å². The van der Waals surface area contributed by atoms with Gasteiger partial charge in [-0.25, -0.2) is 4.98 Å². The Hall–Kier alpha value is -2.04. The summed E-state index contributed by atoms with van der Waals surface area (Å²) in [4.78, 5) is 8.28. The van der Waals surface area contributed by atoms with Gasteiger partial charge in [0.25, 0.3) is 0 Å². The van der Waals surface area contributed by atoms with Gasteiger partial charge in [0, 0.05) is 18.9 Å². The highest BCUT2D eigenvalue weighted by molar-refractivity contribution is 5.25. The van der Waals surface area contributed by atoms with Gasteiger partial charge in [-0.15, -0.1) is 5.10 Å². The maximum Gasteiger partial charge on any atom is 0.242 e. The van der Waals surface area contributed by atoms with E-state index in [9.17, 15) is 0 Å². The van der Waals surface area contributed by atoms with Gasteiger partial charge in [-0.2, -0.15) is 5.10 Å². The average molecular weight is 229 g/mol. The number of hydrogen-bond donors (Lipinski definition) is 1. The molecule has 2 aromatic rings. The molecule has 5 nitrogen and oxygen atoms in total. The second-order valence-corrected chi connectivity index (χ2v) is 3.84. The summed E-state index contributed by atoms with van der Waals surface area (Å²) in [6, 6.07) is 4.00. The molecule has 2 rings (SSSR count). The van der Waals surface area contributed by atoms with Gasteiger partial charge in [0.1, 0.15) is 0 Å². The van der Waals surface area contributed by atoms with E-state index in [-0.39, 0.29) is 0 Å². The molecule has 2 aromatic heterocycles. The first kappa shape index (κ1) is 11.4. The molecule has 0 atom stereocenters. The number of nitrogens with one attached hydrogen (secondary N) is 1. The van der Waals surface area contributed by atoms with Crippen molar-refractivity contribution in [2.24, 2.45) is 0 Å². The molecule has 0 amide bonds. The lowest BCUT2D eigenvalue weighted by atomic mass is 10.2. The van der Waals surface area contributed by atoms with Crippen molar-refractivity contribution < 1.29 is 0 Å². The molecular formula is C12H15N5. The van der Waals surface area contributed by atoms with Crippen molar-refractivity contribution >= 4 is 5.95 Å². The summed E-state index contributed by atoms with van der Waals surface area (Å²) in [7, 11) is 0. The van der Waals surface area contributed by atoms with Crippen LogP contribution < -0.4 is 5.32 Å². The zero-order chi connectivity index (χ0) is 12.1. The van der Waals surface area contributed by atoms with E-state index >= 15 is 0 Å². The van der Waals surface area contributed by atoms with Crippen LogP contribution in [0.25, 0.3) is 0 Å². The lowest BCUT2D eigenvalue weighted by Crippen LogP contribution is -2.10. The lowest BCUT2D eigenvalue weighted by molar-refractivity contribution is 0.877. The highest BCUT2D eigenvalue weighted by Crippen LogP contribution is 2.03. The number of rotatable bonds is 4. The molecule has 0 spiro atoms. The van der Waals surface area contributed by atoms with E-state index in [1.165, 1.54) is 5.56 Å². The zero-order valence-electron chi connectivity index (χ0n) is 10.0. The third kappa shape index (κ3) is 3.21. The highest BCUT2D eigenvalue weighted by Gasteiger charge is 2.00. The Balaban J connectivity index is 1.88. The van der Waals surface area contributed by atoms with E-state index in [2.05, 4.69) is 25.5 Å². The number of anilines is 1. The van der Waals surface area contributed by atoms with Crippen LogP contribution in [0.3, 0.4) is 0 Å². The van der Waals surface area contributed by atoms with E-state index in [0.29, 0.717) is 5.95 Å². The number of aromatic nitrogens is 4. The molecule has 0 radical (unpaired) electrons. The molecule has 5 heteroatoms. The molecule has 17 heavy (non-hydrogen) atoms. The smallest absolute Gasteiger partial charge is 0.242 e. The van der Waals surface area contributed by atoms with Crippen LogP contribution in [-0.2, 0) is 6.42 Å². The summed E-state index contributed by atoms with van der Waals surface area (Å²) in [5.41, 5.74) is 3.01. The van der Waals surface area contributed by atoms with Crippen LogP contribution in [-0.4, -0.2) is 26.7 Å². The van der Waals surface area contributed by atoms with Crippen LogP contribution in [0.2, 0.25) is 0 Å². The normalized spacial score (nSPS) is 10.2. The Morgan fingerprint density at radius 1 is 1.06 bits per heavy atom. The van der Waals surface area contributed by atoms with Crippen LogP contribution in [0.15, 0.2) is 24.5 Å². The number of pyridine rings is 1. The van der Waals surface area contributed by atoms with Crippen molar-refractivity contribution in [2.75, 3.05) is 11.9 Å². The fourth-order valence-corrected chi connectivity index (χ4v) is 1.40. The Kier molecular flexibility index (Phi) is 3.59. The molecular weight excluding hydrogens is 214 g/mol. The summed E-state index contributed by atoms with van der Waals surface area (Å²) >= 11 is 0. The van der Waals surface area contributed by atoms with Gasteiger partial charge in [0.15, 0.2) is 0 Å². The topological polar surface area (TPSA) is 63.6 Å². The molecule has 0 saturated carbocycles. The van der Waals surface area contributed by atoms with Crippen LogP contribution in [0.5, 0.6) is 0 Å². The van der Waals surface area contributed by atoms with E-state index in [1.54, 1.807) is 12.4 Å². The highest BCUT2D eigenvalue weighted by atomic mass is 15.2. The minimum Gasteiger partial charge on any atom is -0.353 e. The van der Waals surface area contributed by atoms with E-state index in [0.717, 1.165) is 24.4 Å². The molecule has 0 fully saturated rings. The second-order valence-electron chi connectivity index (χ2n) is 3.84. The number of hydrogen-bond acceptors (Lipinski definition) is 5. The first-order valence-corrected chi connectivity index (χ1v) is 5.56. The van der Waals surface area contributed by atoms with Gasteiger partial charge in [-0.3, -0.25) is 4.98 Å². The summed E-state index contributed by atoms with van der Waals surface area (Å²) in [6.45, 7) is 4.61. The summed E-state index contributed by atoms with van der Waals surface area (Å²) in [5, 5.41) is 11.2. The SMILES string of the molecule is Cc1nnc(NCCc2ccncc2)nc1C. The molecule has 0 unspecified atom stereocenters. The predicted octanol–water partition coefficient (Wildman–Crippen LogP) is 1.54. The molecule has 0 aliphatic rings. The minimum atomic E-state index is 0.585. The van der Waals surface area contributed by atoms with Crippen LogP contribution in [0.4, 0.5) is 5.95 Å². The van der Waals surface area contributed by atoms with Crippen LogP contribution in [0.1, 0.15) is 17.0 Å². The average Bonchev–Trinajstić information content (AvgIpc) is 2.35. The van der Waals surface area contributed by atoms with E-state index < -0.39 is 0 Å². The van der Waals surface area contributed by atoms with Gasteiger partial charge in [-0.1, -0.05) is 0 Å². The van der Waals surface area contributed by atoms with Crippen molar-refractivity contribution in [3.05, 3.63) is 41.5 Å². The van der Waals surface area contributed by atoms with Crippen LogP contribution >= 0.6 is 0 Å². The first-order chi connectivity index (χ1) is 8.25. The Morgan fingerprint density at radius 2 is 1.82 bits per heavy atom. The predicted molar refractivity (Wildman–Crippen MR) is 65.7 cm³/mol. The Labute approximate surface area is 100 Å². The fourth-order valence-electron chi connectivity index (χ4n) is 1.40. The molecule has 88 valence electrons. The molecule has 0 bridgehead atoms. The number of aryl methyl sites for hydroxylation is 2. The maximum atomic E-state index is 4.31. The lowest BCUT2D eigenvalue weighted by Gasteiger charge is -2.05. The summed E-state index contributed by atoms with van der Waals surface area (Å²) < 4.78 is 0. The van der Waals surface area contributed by atoms with Crippen molar-refractivity contribution in [3.8, 4) is 0 Å². The van der Waals surface area contributed by atoms with Gasteiger partial charge < -0.3 is 5.32 Å². The summed E-state index contributed by atoms with van der Waals surface area (Å²) in [5.74, 6) is 0.585. The van der Waals surface area contributed by atoms with Gasteiger partial charge in [0.05, 0.1) is 11.4 Å². The summed E-state index contributed by atoms with van der Waals surface area (Å²) in [6.07, 6.45) is 4.51. The zero-order valence-corrected chi connectivity index (χ0v) is 10.0. The largest absolute Gasteiger partial charge is 0.353 e. The van der Waals surface area contributed by atoms with Crippen molar-refractivity contribution in [3.63, 3.8) is 0 Å². The molecule has 0 saturated heterocycles. The monoisotopic (exact) mass is 229 g/mol. The fraction of sp³-hybridized carbons (Fsp3) is 0.333. The maximum absolute atomic E-state index is 4.31. The minimum absolute atomic E-state index is 0.585. The van der Waals surface area contributed by atoms with E-state index in [4.69, 9.17) is 0 Å². The molecule has 0 aliphatic carbocycles. The molecule has 2 heterocycles. The second kappa shape index (κ2) is 5.34. The Bertz CT molecular complexity index is 484. The standard InChI is InChI=1S/C12H15N5/c1-9-10(2)16-17-12(15-9)14-8-5-11-3-6-13-7-4-11/h3-4,6-7H,5,8H2,1-2H3,(H,14,15,17). The molecule has 1 N–H and O–H groups in total. The van der Waals surface area contributed by atoms with E-state index in [1.807, 2.05) is 26.0 Å². The van der Waals surface area contributed by atoms with Crippen LogP contribution in [0, 0.1) is 13.8 Å². The van der Waals surface area contributed by atoms with Gasteiger partial charge >= 0.3 is 0 Å². The quantitative estimate of drug-likeness (QED) is 0.861. The number of nitrogens with zero attached hydrogens (tertiary/aromatic N) is 4. The Morgan fingerprint density at radius 3 is 2.53 bits per heavy atom. The molecule has 0 aromatic carbocycles. The first-order valence-electron chi connectivity index (χ1n) is 5.56. The van der Waals surface area contributed by atoms with Crippen molar-refractivity contribution in [1.29, 1.82) is 0 Å². The van der Waals surface area contributed by atoms with Crippen molar-refractivity contribution in [1.82, 2.24) is 20.2 Å².